The third-order valence-electron chi connectivity index (χ3n) is 6.95. The summed E-state index contributed by atoms with van der Waals surface area (Å²) in [7, 11) is -1.08. The van der Waals surface area contributed by atoms with E-state index >= 15 is 0 Å². The van der Waals surface area contributed by atoms with Crippen LogP contribution in [0.25, 0.3) is 27.1 Å². The molecule has 3 heterocycles. The fraction of sp³-hybridized carbons (Fsp3) is 0.250. The van der Waals surface area contributed by atoms with Crippen LogP contribution in [0.15, 0.2) is 83.0 Å². The van der Waals surface area contributed by atoms with Crippen molar-refractivity contribution in [1.29, 1.82) is 0 Å². The van der Waals surface area contributed by atoms with Crippen LogP contribution in [0.2, 0.25) is 13.1 Å². The van der Waals surface area contributed by atoms with Gasteiger partial charge in [0.15, 0.2) is 0 Å². The molecule has 0 N–H and O–H groups in total. The molecule has 0 saturated heterocycles. The van der Waals surface area contributed by atoms with E-state index in [0.29, 0.717) is 5.92 Å². The SMILES string of the molecule is CC(C)c1cc2c(-c3ccccc3)cccc2[cH-]1.CC1=C2c3occc3C1[Si]2(C)C.[Cl-].[Cl-].[Zr+3]. The predicted molar refractivity (Wildman–Crippen MR) is 131 cm³/mol. The zero-order valence-electron chi connectivity index (χ0n) is 19.7. The van der Waals surface area contributed by atoms with Gasteiger partial charge < -0.3 is 29.2 Å². The molecule has 2 bridgehead atoms. The van der Waals surface area contributed by atoms with Gasteiger partial charge in [0.25, 0.3) is 0 Å². The topological polar surface area (TPSA) is 13.1 Å². The average molecular weight is 572 g/mol. The molecule has 0 amide bonds. The number of hydrogen-bond acceptors (Lipinski definition) is 1. The fourth-order valence-corrected chi connectivity index (χ4v) is 9.81. The van der Waals surface area contributed by atoms with Gasteiger partial charge in [0, 0.05) is 11.1 Å². The zero-order chi connectivity index (χ0) is 21.0. The van der Waals surface area contributed by atoms with Crippen LogP contribution in [0.4, 0.5) is 0 Å². The standard InChI is InChI=1S/C18H17.C10H12OSi.2ClH.Zr/c1-13(2)16-11-15-9-6-10-17(18(15)12-16)14-7-4-3-5-8-14;1-6-9-7-4-5-11-8(7)10(6)12(9,2)3;;;/h3-13H,1-2H3;4-5,9H,1-3H3;2*1H;/q-1;;;;+3/p-2. The quantitative estimate of drug-likeness (QED) is 0.266. The van der Waals surface area contributed by atoms with Crippen LogP contribution in [0.3, 0.4) is 0 Å². The van der Waals surface area contributed by atoms with Gasteiger partial charge in [0.1, 0.15) is 5.76 Å². The van der Waals surface area contributed by atoms with Crippen molar-refractivity contribution in [2.45, 2.75) is 45.3 Å². The third kappa shape index (κ3) is 4.55. The first-order chi connectivity index (χ1) is 14.4. The molecule has 1 atom stereocenters. The van der Waals surface area contributed by atoms with E-state index in [-0.39, 0.29) is 51.0 Å². The van der Waals surface area contributed by atoms with E-state index in [1.54, 1.807) is 10.8 Å². The summed E-state index contributed by atoms with van der Waals surface area (Å²) in [6, 6.07) is 24.0. The van der Waals surface area contributed by atoms with Gasteiger partial charge in [0.2, 0.25) is 0 Å². The number of hydrogen-bond donors (Lipinski definition) is 0. The first-order valence-corrected chi connectivity index (χ1v) is 14.0. The Labute approximate surface area is 230 Å². The van der Waals surface area contributed by atoms with E-state index in [0.717, 1.165) is 5.54 Å². The van der Waals surface area contributed by atoms with Crippen LogP contribution in [0.5, 0.6) is 0 Å². The molecule has 1 nitrogen and oxygen atoms in total. The normalized spacial score (nSPS) is 16.6. The zero-order valence-corrected chi connectivity index (χ0v) is 24.7. The average Bonchev–Trinajstić information content (AvgIpc) is 3.45. The van der Waals surface area contributed by atoms with Crippen molar-refractivity contribution in [2.75, 3.05) is 0 Å². The van der Waals surface area contributed by atoms with Gasteiger partial charge in [-0.3, -0.25) is 0 Å². The van der Waals surface area contributed by atoms with Crippen molar-refractivity contribution in [3.8, 4) is 11.1 Å². The number of rotatable bonds is 2. The first-order valence-electron chi connectivity index (χ1n) is 10.9. The van der Waals surface area contributed by atoms with Gasteiger partial charge in [-0.1, -0.05) is 74.5 Å². The molecule has 1 radical (unpaired) electrons. The van der Waals surface area contributed by atoms with Gasteiger partial charge in [-0.25, -0.2) is 0 Å². The Balaban J connectivity index is 0.000000227. The molecule has 0 saturated carbocycles. The van der Waals surface area contributed by atoms with Gasteiger partial charge in [-0.05, 0) is 29.7 Å². The molecule has 0 spiro atoms. The fourth-order valence-electron chi connectivity index (χ4n) is 5.56. The summed E-state index contributed by atoms with van der Waals surface area (Å²) >= 11 is 0. The minimum absolute atomic E-state index is 0. The molecule has 1 aromatic heterocycles. The van der Waals surface area contributed by atoms with E-state index in [4.69, 9.17) is 4.42 Å². The van der Waals surface area contributed by atoms with Crippen molar-refractivity contribution >= 4 is 24.0 Å². The van der Waals surface area contributed by atoms with Gasteiger partial charge in [0.05, 0.1) is 14.3 Å². The minimum atomic E-state index is -1.08. The predicted octanol–water partition coefficient (Wildman–Crippen LogP) is 2.31. The second kappa shape index (κ2) is 10.6. The van der Waals surface area contributed by atoms with Crippen LogP contribution in [-0.2, 0) is 26.2 Å². The number of halogens is 2. The molecular weight excluding hydrogens is 543 g/mol. The van der Waals surface area contributed by atoms with E-state index in [2.05, 4.69) is 101 Å². The molecule has 4 aromatic rings. The number of furan rings is 1. The smallest absolute Gasteiger partial charge is 1.00 e. The van der Waals surface area contributed by atoms with Crippen LogP contribution in [0, 0.1) is 0 Å². The third-order valence-corrected chi connectivity index (χ3v) is 11.0. The first kappa shape index (κ1) is 28.0. The van der Waals surface area contributed by atoms with Crippen molar-refractivity contribution < 1.29 is 55.4 Å². The van der Waals surface area contributed by atoms with E-state index < -0.39 is 8.07 Å². The summed E-state index contributed by atoms with van der Waals surface area (Å²) in [6.45, 7) is 11.6. The maximum Gasteiger partial charge on any atom is 3.00 e. The second-order valence-electron chi connectivity index (χ2n) is 9.54. The van der Waals surface area contributed by atoms with Crippen LogP contribution in [0.1, 0.15) is 49.1 Å². The second-order valence-corrected chi connectivity index (χ2v) is 14.1. The summed E-state index contributed by atoms with van der Waals surface area (Å²) in [5.74, 6) is 1.80. The van der Waals surface area contributed by atoms with Crippen molar-refractivity contribution in [1.82, 2.24) is 0 Å². The Bertz CT molecular complexity index is 1270. The van der Waals surface area contributed by atoms with Crippen LogP contribution >= 0.6 is 0 Å². The summed E-state index contributed by atoms with van der Waals surface area (Å²) < 4.78 is 5.51. The molecule has 1 aliphatic carbocycles. The molecule has 3 aromatic carbocycles. The Morgan fingerprint density at radius 3 is 2.24 bits per heavy atom. The van der Waals surface area contributed by atoms with Crippen molar-refractivity contribution in [2.24, 2.45) is 0 Å². The molecule has 3 aliphatic rings. The number of fused-ring (bicyclic) bond motifs is 1. The van der Waals surface area contributed by atoms with Gasteiger partial charge in [-0.15, -0.1) is 34.5 Å². The largest absolute Gasteiger partial charge is 3.00 e. The summed E-state index contributed by atoms with van der Waals surface area (Å²) in [5.41, 5.74) is 7.89. The Kier molecular flexibility index (Phi) is 8.96. The monoisotopic (exact) mass is 569 g/mol. The number of allylic oxidation sites excluding steroid dienone is 1. The van der Waals surface area contributed by atoms with Gasteiger partial charge >= 0.3 is 26.2 Å². The van der Waals surface area contributed by atoms with E-state index in [9.17, 15) is 0 Å². The molecule has 2 aliphatic heterocycles. The van der Waals surface area contributed by atoms with Gasteiger partial charge in [-0.2, -0.15) is 6.07 Å². The van der Waals surface area contributed by atoms with E-state index in [1.807, 2.05) is 6.26 Å². The maximum atomic E-state index is 5.51. The molecule has 7 rings (SSSR count). The molecule has 5 heteroatoms. The maximum absolute atomic E-state index is 5.51. The van der Waals surface area contributed by atoms with E-state index in [1.165, 1.54) is 38.8 Å². The minimum Gasteiger partial charge on any atom is -1.00 e. The molecule has 1 unspecified atom stereocenters. The van der Waals surface area contributed by atoms with Crippen molar-refractivity contribution in [3.05, 3.63) is 95.5 Å². The van der Waals surface area contributed by atoms with Crippen molar-refractivity contribution in [3.63, 3.8) is 0 Å². The molecule has 0 fully saturated rings. The summed E-state index contributed by atoms with van der Waals surface area (Å²) in [5, 5.41) is 4.31. The number of benzene rings is 2. The van der Waals surface area contributed by atoms with Crippen LogP contribution in [-0.4, -0.2) is 8.07 Å². The molecular formula is C28H29Cl2OSiZr. The summed E-state index contributed by atoms with van der Waals surface area (Å²) in [6.07, 6.45) is 1.83. The Morgan fingerprint density at radius 2 is 1.64 bits per heavy atom. The molecule has 169 valence electrons. The van der Waals surface area contributed by atoms with Crippen LogP contribution < -0.4 is 24.8 Å². The Morgan fingerprint density at radius 1 is 0.939 bits per heavy atom. The summed E-state index contributed by atoms with van der Waals surface area (Å²) in [4.78, 5) is 0. The molecule has 33 heavy (non-hydrogen) atoms. The Hall–Kier alpha value is -1.25.